The zero-order valence-corrected chi connectivity index (χ0v) is 18.1. The van der Waals surface area contributed by atoms with Crippen LogP contribution in [0.2, 0.25) is 10.0 Å². The molecule has 0 aromatic heterocycles. The number of guanidine groups is 1. The molecule has 1 saturated carbocycles. The number of hydrogen-bond donors (Lipinski definition) is 3. The van der Waals surface area contributed by atoms with Gasteiger partial charge in [0.2, 0.25) is 0 Å². The van der Waals surface area contributed by atoms with Gasteiger partial charge in [-0.1, -0.05) is 47.5 Å². The number of aliphatic imine (C=N–C) groups is 2. The lowest BCUT2D eigenvalue weighted by atomic mass is 10.1. The van der Waals surface area contributed by atoms with Gasteiger partial charge in [-0.15, -0.1) is 0 Å². The first kappa shape index (κ1) is 20.8. The Labute approximate surface area is 186 Å². The molecule has 0 atom stereocenters. The van der Waals surface area contributed by atoms with E-state index >= 15 is 0 Å². The summed E-state index contributed by atoms with van der Waals surface area (Å²) < 4.78 is 5.83. The molecule has 0 spiro atoms. The Hall–Kier alpha value is -2.44. The molecule has 0 amide bonds. The van der Waals surface area contributed by atoms with Gasteiger partial charge in [-0.3, -0.25) is 9.98 Å². The molecule has 3 aliphatic rings. The molecule has 158 valence electrons. The molecule has 0 radical (unpaired) electrons. The van der Waals surface area contributed by atoms with Crippen molar-refractivity contribution in [2.75, 3.05) is 38.1 Å². The van der Waals surface area contributed by atoms with E-state index in [0.717, 1.165) is 49.6 Å². The van der Waals surface area contributed by atoms with Gasteiger partial charge in [0.25, 0.3) is 0 Å². The third-order valence-electron chi connectivity index (χ3n) is 4.92. The Morgan fingerprint density at radius 3 is 2.33 bits per heavy atom. The minimum absolute atomic E-state index is 0.573. The fraction of sp³-hybridized carbons (Fsp3) is 0.364. The van der Waals surface area contributed by atoms with Gasteiger partial charge in [0.1, 0.15) is 18.2 Å². The number of benzene rings is 2. The predicted octanol–water partition coefficient (Wildman–Crippen LogP) is 4.31. The molecule has 30 heavy (non-hydrogen) atoms. The summed E-state index contributed by atoms with van der Waals surface area (Å²) in [5.74, 6) is 3.46. The molecule has 0 bridgehead atoms. The first-order valence-electron chi connectivity index (χ1n) is 10.2. The minimum Gasteiger partial charge on any atom is -0.485 e. The molecule has 2 aromatic carbocycles. The van der Waals surface area contributed by atoms with E-state index in [-0.39, 0.29) is 0 Å². The Morgan fingerprint density at radius 1 is 0.933 bits per heavy atom. The fourth-order valence-electron chi connectivity index (χ4n) is 3.25. The van der Waals surface area contributed by atoms with Crippen molar-refractivity contribution in [3.05, 3.63) is 58.1 Å². The number of para-hydroxylation sites is 2. The molecular weight excluding hydrogens is 421 g/mol. The van der Waals surface area contributed by atoms with Crippen molar-refractivity contribution < 1.29 is 4.74 Å². The highest BCUT2D eigenvalue weighted by molar-refractivity contribution is 6.39. The van der Waals surface area contributed by atoms with E-state index in [0.29, 0.717) is 22.3 Å². The second-order valence-corrected chi connectivity index (χ2v) is 8.05. The fourth-order valence-corrected chi connectivity index (χ4v) is 3.74. The van der Waals surface area contributed by atoms with E-state index in [1.165, 1.54) is 18.4 Å². The van der Waals surface area contributed by atoms with Gasteiger partial charge < -0.3 is 20.7 Å². The molecule has 3 N–H and O–H groups in total. The molecule has 2 aromatic rings. The maximum absolute atomic E-state index is 5.98. The van der Waals surface area contributed by atoms with Crippen LogP contribution in [-0.4, -0.2) is 44.6 Å². The molecule has 2 heterocycles. The van der Waals surface area contributed by atoms with Crippen LogP contribution in [0.25, 0.3) is 0 Å². The molecule has 8 heteroatoms. The van der Waals surface area contributed by atoms with E-state index in [1.807, 2.05) is 6.07 Å². The summed E-state index contributed by atoms with van der Waals surface area (Å²) >= 11 is 12.0. The van der Waals surface area contributed by atoms with E-state index in [9.17, 15) is 0 Å². The van der Waals surface area contributed by atoms with Crippen molar-refractivity contribution >= 4 is 40.7 Å². The Morgan fingerprint density at radius 2 is 1.67 bits per heavy atom. The van der Waals surface area contributed by atoms with Gasteiger partial charge in [-0.2, -0.15) is 0 Å². The van der Waals surface area contributed by atoms with Crippen LogP contribution in [0.3, 0.4) is 0 Å². The number of rotatable bonds is 5. The molecular formula is C22H25Cl2N5O. The number of nitrogens with one attached hydrogen (secondary N) is 3. The van der Waals surface area contributed by atoms with Gasteiger partial charge in [-0.25, -0.2) is 0 Å². The first-order valence-corrected chi connectivity index (χ1v) is 10.9. The van der Waals surface area contributed by atoms with Crippen molar-refractivity contribution in [3.8, 4) is 5.75 Å². The molecule has 0 unspecified atom stereocenters. The van der Waals surface area contributed by atoms with Gasteiger partial charge in [0, 0.05) is 13.1 Å². The summed E-state index contributed by atoms with van der Waals surface area (Å²) in [5, 5.41) is 10.5. The average Bonchev–Trinajstić information content (AvgIpc) is 3.23. The van der Waals surface area contributed by atoms with Crippen LogP contribution in [0.4, 0.5) is 5.69 Å². The summed E-state index contributed by atoms with van der Waals surface area (Å²) in [6, 6.07) is 13.7. The van der Waals surface area contributed by atoms with E-state index in [1.54, 1.807) is 18.2 Å². The Bertz CT molecular complexity index is 923. The summed E-state index contributed by atoms with van der Waals surface area (Å²) in [6.45, 7) is 4.03. The predicted molar refractivity (Wildman–Crippen MR) is 125 cm³/mol. The summed E-state index contributed by atoms with van der Waals surface area (Å²) in [6.07, 6.45) is 2.61. The maximum atomic E-state index is 5.98. The third kappa shape index (κ3) is 5.58. The molecule has 5 rings (SSSR count). The SMILES string of the molecule is Clc1cccc(Cl)c1NC1=NCCN1.c1ccc(C2CC2)c(OCC2=NCCN2)c1. The van der Waals surface area contributed by atoms with Gasteiger partial charge in [-0.05, 0) is 42.5 Å². The number of amidine groups is 1. The smallest absolute Gasteiger partial charge is 0.196 e. The van der Waals surface area contributed by atoms with E-state index < -0.39 is 0 Å². The summed E-state index contributed by atoms with van der Waals surface area (Å²) in [5.41, 5.74) is 2.06. The van der Waals surface area contributed by atoms with Gasteiger partial charge >= 0.3 is 0 Å². The second-order valence-electron chi connectivity index (χ2n) is 7.23. The van der Waals surface area contributed by atoms with Crippen LogP contribution < -0.4 is 20.7 Å². The van der Waals surface area contributed by atoms with Crippen LogP contribution in [0.5, 0.6) is 5.75 Å². The summed E-state index contributed by atoms with van der Waals surface area (Å²) in [4.78, 5) is 8.51. The van der Waals surface area contributed by atoms with E-state index in [2.05, 4.69) is 44.1 Å². The largest absolute Gasteiger partial charge is 0.485 e. The average molecular weight is 446 g/mol. The number of nitrogens with zero attached hydrogens (tertiary/aromatic N) is 2. The van der Waals surface area contributed by atoms with Gasteiger partial charge in [0.15, 0.2) is 5.96 Å². The van der Waals surface area contributed by atoms with Crippen LogP contribution in [0.1, 0.15) is 24.3 Å². The number of halogens is 2. The Kier molecular flexibility index (Phi) is 6.97. The van der Waals surface area contributed by atoms with E-state index in [4.69, 9.17) is 27.9 Å². The number of anilines is 1. The molecule has 1 fully saturated rings. The topological polar surface area (TPSA) is 70.0 Å². The normalized spacial score (nSPS) is 17.1. The lowest BCUT2D eigenvalue weighted by molar-refractivity contribution is 0.369. The standard InChI is InChI=1S/C13H16N2O.C9H9Cl2N3/c1-2-4-12(11(3-1)10-5-6-10)16-9-13-14-7-8-15-13;10-6-2-1-3-7(11)8(6)14-9-12-4-5-13-9/h1-4,10H,5-9H2,(H,14,15);1-3H,4-5H2,(H2,12,13,14). The monoisotopic (exact) mass is 445 g/mol. The van der Waals surface area contributed by atoms with Crippen molar-refractivity contribution in [3.63, 3.8) is 0 Å². The lowest BCUT2D eigenvalue weighted by Gasteiger charge is -2.10. The van der Waals surface area contributed by atoms with Crippen molar-refractivity contribution in [2.24, 2.45) is 9.98 Å². The maximum Gasteiger partial charge on any atom is 0.196 e. The third-order valence-corrected chi connectivity index (χ3v) is 5.55. The molecule has 2 aliphatic heterocycles. The summed E-state index contributed by atoms with van der Waals surface area (Å²) in [7, 11) is 0. The van der Waals surface area contributed by atoms with Crippen LogP contribution >= 0.6 is 23.2 Å². The highest BCUT2D eigenvalue weighted by Gasteiger charge is 2.26. The highest BCUT2D eigenvalue weighted by atomic mass is 35.5. The highest BCUT2D eigenvalue weighted by Crippen LogP contribution is 2.44. The van der Waals surface area contributed by atoms with Crippen molar-refractivity contribution in [2.45, 2.75) is 18.8 Å². The van der Waals surface area contributed by atoms with Gasteiger partial charge in [0.05, 0.1) is 28.8 Å². The van der Waals surface area contributed by atoms with Crippen molar-refractivity contribution in [1.82, 2.24) is 10.6 Å². The number of hydrogen-bond acceptors (Lipinski definition) is 6. The lowest BCUT2D eigenvalue weighted by Crippen LogP contribution is -2.26. The zero-order chi connectivity index (χ0) is 20.8. The second kappa shape index (κ2) is 10.0. The quantitative estimate of drug-likeness (QED) is 0.640. The van der Waals surface area contributed by atoms with Crippen LogP contribution in [-0.2, 0) is 0 Å². The minimum atomic E-state index is 0.573. The first-order chi connectivity index (χ1) is 14.7. The molecule has 6 nitrogen and oxygen atoms in total. The zero-order valence-electron chi connectivity index (χ0n) is 16.6. The van der Waals surface area contributed by atoms with Crippen LogP contribution in [0, 0.1) is 0 Å². The molecule has 0 saturated heterocycles. The number of ether oxygens (including phenoxy) is 1. The van der Waals surface area contributed by atoms with Crippen LogP contribution in [0.15, 0.2) is 52.4 Å². The van der Waals surface area contributed by atoms with Crippen molar-refractivity contribution in [1.29, 1.82) is 0 Å². The Balaban J connectivity index is 0.000000147. The molecule has 1 aliphatic carbocycles.